The number of aryl methyl sites for hydroxylation is 2. The normalized spacial score (nSPS) is 19.0. The second-order valence-electron chi connectivity index (χ2n) is 8.97. The van der Waals surface area contributed by atoms with Crippen LogP contribution in [0.3, 0.4) is 0 Å². The fraction of sp³-hybridized carbons (Fsp3) is 0.565. The lowest BCUT2D eigenvalue weighted by molar-refractivity contribution is -0.117. The zero-order valence-electron chi connectivity index (χ0n) is 19.4. The number of sulfonamides is 1. The van der Waals surface area contributed by atoms with Gasteiger partial charge in [-0.2, -0.15) is 4.31 Å². The minimum absolute atomic E-state index is 0.133. The zero-order chi connectivity index (χ0) is 23.4. The number of carbonyl (C=O) groups is 1. The van der Waals surface area contributed by atoms with Crippen LogP contribution in [0.5, 0.6) is 0 Å². The first-order chi connectivity index (χ1) is 15.8. The van der Waals surface area contributed by atoms with Gasteiger partial charge in [0, 0.05) is 57.6 Å². The third-order valence-corrected chi connectivity index (χ3v) is 8.23. The van der Waals surface area contributed by atoms with Crippen molar-refractivity contribution in [3.05, 3.63) is 41.3 Å². The molecule has 1 amide bonds. The summed E-state index contributed by atoms with van der Waals surface area (Å²) < 4.78 is 32.7. The highest BCUT2D eigenvalue weighted by molar-refractivity contribution is 7.89. The molecule has 2 aliphatic rings. The van der Waals surface area contributed by atoms with Gasteiger partial charge in [0.1, 0.15) is 5.76 Å². The molecule has 0 spiro atoms. The molecule has 0 aliphatic carbocycles. The number of anilines is 1. The Morgan fingerprint density at radius 1 is 1.00 bits per heavy atom. The fourth-order valence-corrected chi connectivity index (χ4v) is 5.91. The summed E-state index contributed by atoms with van der Waals surface area (Å²) in [5.41, 5.74) is 2.32. The topological polar surface area (TPSA) is 99.0 Å². The van der Waals surface area contributed by atoms with Crippen LogP contribution in [-0.4, -0.2) is 79.4 Å². The van der Waals surface area contributed by atoms with E-state index in [1.807, 2.05) is 19.9 Å². The molecule has 2 saturated heterocycles. The van der Waals surface area contributed by atoms with Gasteiger partial charge in [0.15, 0.2) is 0 Å². The van der Waals surface area contributed by atoms with Gasteiger partial charge in [0.2, 0.25) is 15.9 Å². The highest BCUT2D eigenvalue weighted by Gasteiger charge is 2.27. The van der Waals surface area contributed by atoms with Gasteiger partial charge in [-0.1, -0.05) is 17.6 Å². The largest absolute Gasteiger partial charge is 0.361 e. The van der Waals surface area contributed by atoms with Gasteiger partial charge < -0.3 is 9.84 Å². The van der Waals surface area contributed by atoms with E-state index in [1.54, 1.807) is 22.5 Å². The maximum absolute atomic E-state index is 13.0. The molecule has 0 unspecified atom stereocenters. The van der Waals surface area contributed by atoms with Gasteiger partial charge in [-0.05, 0) is 44.4 Å². The van der Waals surface area contributed by atoms with Crippen molar-refractivity contribution in [3.8, 4) is 0 Å². The fourth-order valence-electron chi connectivity index (χ4n) is 4.37. The first kappa shape index (κ1) is 23.9. The molecule has 9 nitrogen and oxygen atoms in total. The molecule has 2 aliphatic heterocycles. The third kappa shape index (κ3) is 6.00. The van der Waals surface area contributed by atoms with Crippen molar-refractivity contribution >= 4 is 21.6 Å². The molecule has 0 bridgehead atoms. The summed E-state index contributed by atoms with van der Waals surface area (Å²) in [5, 5.41) is 6.97. The van der Waals surface area contributed by atoms with Crippen LogP contribution in [0.25, 0.3) is 0 Å². The van der Waals surface area contributed by atoms with Crippen molar-refractivity contribution in [2.24, 2.45) is 0 Å². The van der Waals surface area contributed by atoms with Gasteiger partial charge in [-0.3, -0.25) is 14.6 Å². The van der Waals surface area contributed by atoms with Gasteiger partial charge in [0.05, 0.1) is 17.1 Å². The molecule has 180 valence electrons. The van der Waals surface area contributed by atoms with Crippen LogP contribution in [-0.2, 0) is 21.4 Å². The number of hydrogen-bond donors (Lipinski definition) is 1. The Morgan fingerprint density at radius 2 is 1.70 bits per heavy atom. The zero-order valence-corrected chi connectivity index (χ0v) is 20.2. The highest BCUT2D eigenvalue weighted by atomic mass is 32.2. The van der Waals surface area contributed by atoms with E-state index in [0.717, 1.165) is 69.0 Å². The summed E-state index contributed by atoms with van der Waals surface area (Å²) in [5.74, 6) is 0.676. The molecule has 1 aromatic carbocycles. The molecule has 33 heavy (non-hydrogen) atoms. The van der Waals surface area contributed by atoms with E-state index in [-0.39, 0.29) is 17.3 Å². The Bertz CT molecular complexity index is 1070. The molecule has 4 rings (SSSR count). The molecule has 1 N–H and O–H groups in total. The van der Waals surface area contributed by atoms with Gasteiger partial charge in [-0.25, -0.2) is 8.42 Å². The second kappa shape index (κ2) is 10.3. The number of nitrogens with one attached hydrogen (secondary N) is 1. The van der Waals surface area contributed by atoms with Crippen molar-refractivity contribution in [3.63, 3.8) is 0 Å². The minimum atomic E-state index is -3.54. The van der Waals surface area contributed by atoms with Gasteiger partial charge >= 0.3 is 0 Å². The van der Waals surface area contributed by atoms with Crippen molar-refractivity contribution < 1.29 is 17.7 Å². The Labute approximate surface area is 195 Å². The third-order valence-electron chi connectivity index (χ3n) is 6.33. The summed E-state index contributed by atoms with van der Waals surface area (Å²) in [7, 11) is -3.54. The summed E-state index contributed by atoms with van der Waals surface area (Å²) >= 11 is 0. The van der Waals surface area contributed by atoms with E-state index in [2.05, 4.69) is 20.3 Å². The highest BCUT2D eigenvalue weighted by Crippen LogP contribution is 2.25. The van der Waals surface area contributed by atoms with E-state index in [4.69, 9.17) is 4.52 Å². The summed E-state index contributed by atoms with van der Waals surface area (Å²) in [6, 6.07) is 6.93. The van der Waals surface area contributed by atoms with Crippen LogP contribution >= 0.6 is 0 Å². The summed E-state index contributed by atoms with van der Waals surface area (Å²) in [6.45, 7) is 9.15. The predicted octanol–water partition coefficient (Wildman–Crippen LogP) is 2.22. The number of hydrogen-bond acceptors (Lipinski definition) is 7. The van der Waals surface area contributed by atoms with E-state index in [9.17, 15) is 13.2 Å². The first-order valence-electron chi connectivity index (χ1n) is 11.6. The number of piperidine rings is 1. The number of aromatic nitrogens is 1. The summed E-state index contributed by atoms with van der Waals surface area (Å²) in [4.78, 5) is 17.4. The van der Waals surface area contributed by atoms with Crippen LogP contribution < -0.4 is 5.32 Å². The molecular weight excluding hydrogens is 442 g/mol. The molecule has 1 aromatic heterocycles. The van der Waals surface area contributed by atoms with Crippen LogP contribution in [0.4, 0.5) is 5.69 Å². The number of piperazine rings is 1. The van der Waals surface area contributed by atoms with Crippen LogP contribution in [0.15, 0.2) is 33.7 Å². The predicted molar refractivity (Wildman–Crippen MR) is 125 cm³/mol. The minimum Gasteiger partial charge on any atom is -0.361 e. The Morgan fingerprint density at radius 3 is 2.36 bits per heavy atom. The lowest BCUT2D eigenvalue weighted by atomic mass is 10.2. The maximum atomic E-state index is 13.0. The number of amides is 1. The molecule has 3 heterocycles. The molecule has 0 saturated carbocycles. The smallest absolute Gasteiger partial charge is 0.243 e. The van der Waals surface area contributed by atoms with E-state index in [0.29, 0.717) is 18.8 Å². The SMILES string of the molecule is Cc1cc(CN2CCN(CC(=O)Nc3cc(S(=O)(=O)N4CCCCC4)ccc3C)CC2)no1. The van der Waals surface area contributed by atoms with E-state index in [1.165, 1.54) is 0 Å². The first-order valence-corrected chi connectivity index (χ1v) is 13.0. The van der Waals surface area contributed by atoms with E-state index >= 15 is 0 Å². The van der Waals surface area contributed by atoms with Crippen LogP contribution in [0.1, 0.15) is 36.3 Å². The van der Waals surface area contributed by atoms with Crippen molar-refractivity contribution in [1.29, 1.82) is 0 Å². The quantitative estimate of drug-likeness (QED) is 0.656. The Balaban J connectivity index is 1.32. The average molecular weight is 476 g/mol. The molecule has 0 radical (unpaired) electrons. The number of rotatable bonds is 7. The van der Waals surface area contributed by atoms with Crippen LogP contribution in [0.2, 0.25) is 0 Å². The van der Waals surface area contributed by atoms with Crippen molar-refractivity contribution in [2.75, 3.05) is 51.1 Å². The number of nitrogens with zero attached hydrogens (tertiary/aromatic N) is 4. The van der Waals surface area contributed by atoms with Crippen molar-refractivity contribution in [1.82, 2.24) is 19.3 Å². The second-order valence-corrected chi connectivity index (χ2v) is 10.9. The molecule has 2 aromatic rings. The van der Waals surface area contributed by atoms with E-state index < -0.39 is 10.0 Å². The van der Waals surface area contributed by atoms with Crippen LogP contribution in [0, 0.1) is 13.8 Å². The molecular formula is C23H33N5O4S. The molecule has 0 atom stereocenters. The monoisotopic (exact) mass is 475 g/mol. The average Bonchev–Trinajstić information content (AvgIpc) is 3.21. The number of benzene rings is 1. The maximum Gasteiger partial charge on any atom is 0.243 e. The van der Waals surface area contributed by atoms with Gasteiger partial charge in [0.25, 0.3) is 0 Å². The lowest BCUT2D eigenvalue weighted by Gasteiger charge is -2.33. The Kier molecular flexibility index (Phi) is 7.48. The Hall–Kier alpha value is -2.27. The number of carbonyl (C=O) groups excluding carboxylic acids is 1. The molecule has 2 fully saturated rings. The standard InChI is InChI=1S/C23H33N5O4S/c1-18-6-7-21(33(30,31)28-8-4-3-5-9-28)15-22(18)24-23(29)17-27-12-10-26(11-13-27)16-20-14-19(2)32-25-20/h6-7,14-15H,3-5,8-13,16-17H2,1-2H3,(H,24,29). The van der Waals surface area contributed by atoms with Gasteiger partial charge in [-0.15, -0.1) is 0 Å². The summed E-state index contributed by atoms with van der Waals surface area (Å²) in [6.07, 6.45) is 2.84. The van der Waals surface area contributed by atoms with Crippen molar-refractivity contribution in [2.45, 2.75) is 44.6 Å². The molecule has 10 heteroatoms. The lowest BCUT2D eigenvalue weighted by Crippen LogP contribution is -2.48.